The molecule has 1 rings (SSSR count). The van der Waals surface area contributed by atoms with E-state index in [-0.39, 0.29) is 0 Å². The van der Waals surface area contributed by atoms with E-state index in [1.165, 1.54) is 5.56 Å². The first-order valence-electron chi connectivity index (χ1n) is 7.91. The van der Waals surface area contributed by atoms with Crippen LogP contribution >= 0.6 is 0 Å². The predicted octanol–water partition coefficient (Wildman–Crippen LogP) is 4.15. The van der Waals surface area contributed by atoms with Crippen LogP contribution < -0.4 is 14.8 Å². The highest BCUT2D eigenvalue weighted by atomic mass is 16.5. The molecule has 3 heteroatoms. The van der Waals surface area contributed by atoms with Crippen LogP contribution in [-0.4, -0.2) is 19.8 Å². The topological polar surface area (TPSA) is 30.5 Å². The van der Waals surface area contributed by atoms with Gasteiger partial charge in [0.2, 0.25) is 0 Å². The van der Waals surface area contributed by atoms with Crippen molar-refractivity contribution in [3.8, 4) is 11.5 Å². The van der Waals surface area contributed by atoms with Gasteiger partial charge in [0.25, 0.3) is 0 Å². The molecule has 0 aromatic heterocycles. The van der Waals surface area contributed by atoms with Crippen LogP contribution in [0.25, 0.3) is 0 Å². The lowest BCUT2D eigenvalue weighted by molar-refractivity contribution is 0.294. The number of nitrogens with one attached hydrogen (secondary N) is 1. The number of rotatable bonds is 11. The molecule has 0 fully saturated rings. The Hall–Kier alpha value is -1.22. The normalized spacial score (nSPS) is 10.6. The lowest BCUT2D eigenvalue weighted by Gasteiger charge is -2.14. The molecular weight excluding hydrogens is 250 g/mol. The molecule has 3 nitrogen and oxygen atoms in total. The van der Waals surface area contributed by atoms with Crippen molar-refractivity contribution in [2.45, 2.75) is 53.0 Å². The Labute approximate surface area is 123 Å². The van der Waals surface area contributed by atoms with Crippen LogP contribution in [-0.2, 0) is 6.54 Å². The molecule has 1 N–H and O–H groups in total. The summed E-state index contributed by atoms with van der Waals surface area (Å²) in [6.45, 7) is 9.87. The minimum atomic E-state index is 0.752. The van der Waals surface area contributed by atoms with E-state index in [2.05, 4.69) is 32.2 Å². The summed E-state index contributed by atoms with van der Waals surface area (Å²) in [5, 5.41) is 3.42. The summed E-state index contributed by atoms with van der Waals surface area (Å²) < 4.78 is 11.6. The molecule has 0 atom stereocenters. The average molecular weight is 279 g/mol. The lowest BCUT2D eigenvalue weighted by Crippen LogP contribution is -2.15. The number of benzene rings is 1. The molecule has 0 aliphatic rings. The molecule has 1 aromatic rings. The zero-order valence-corrected chi connectivity index (χ0v) is 13.2. The van der Waals surface area contributed by atoms with Gasteiger partial charge in [-0.1, -0.05) is 33.3 Å². The van der Waals surface area contributed by atoms with E-state index < -0.39 is 0 Å². The van der Waals surface area contributed by atoms with Gasteiger partial charge in [0.05, 0.1) is 13.2 Å². The molecule has 114 valence electrons. The van der Waals surface area contributed by atoms with Gasteiger partial charge in [0.1, 0.15) is 11.5 Å². The van der Waals surface area contributed by atoms with Gasteiger partial charge in [0.15, 0.2) is 0 Å². The van der Waals surface area contributed by atoms with E-state index in [1.807, 2.05) is 12.1 Å². The quantitative estimate of drug-likeness (QED) is 0.617. The summed E-state index contributed by atoms with van der Waals surface area (Å²) in [6, 6.07) is 6.16. The van der Waals surface area contributed by atoms with Crippen LogP contribution in [0, 0.1) is 0 Å². The van der Waals surface area contributed by atoms with Gasteiger partial charge in [-0.05, 0) is 31.9 Å². The van der Waals surface area contributed by atoms with Crippen molar-refractivity contribution in [1.82, 2.24) is 5.32 Å². The second kappa shape index (κ2) is 10.6. The molecule has 20 heavy (non-hydrogen) atoms. The van der Waals surface area contributed by atoms with Crippen LogP contribution in [0.3, 0.4) is 0 Å². The Morgan fingerprint density at radius 2 is 1.80 bits per heavy atom. The third-order valence-corrected chi connectivity index (χ3v) is 3.01. The number of hydrogen-bond donors (Lipinski definition) is 1. The molecular formula is C17H29NO2. The first-order valence-corrected chi connectivity index (χ1v) is 7.91. The van der Waals surface area contributed by atoms with Crippen molar-refractivity contribution in [2.24, 2.45) is 0 Å². The molecule has 0 aliphatic carbocycles. The number of hydrogen-bond acceptors (Lipinski definition) is 3. The summed E-state index contributed by atoms with van der Waals surface area (Å²) in [5.41, 5.74) is 1.21. The van der Waals surface area contributed by atoms with E-state index in [0.29, 0.717) is 0 Å². The molecule has 0 amide bonds. The average Bonchev–Trinajstić information content (AvgIpc) is 2.47. The molecule has 0 heterocycles. The fourth-order valence-electron chi connectivity index (χ4n) is 1.85. The van der Waals surface area contributed by atoms with E-state index in [9.17, 15) is 0 Å². The van der Waals surface area contributed by atoms with E-state index >= 15 is 0 Å². The van der Waals surface area contributed by atoms with Gasteiger partial charge in [-0.3, -0.25) is 0 Å². The first-order chi connectivity index (χ1) is 9.81. The highest BCUT2D eigenvalue weighted by Gasteiger charge is 2.06. The molecule has 0 bridgehead atoms. The maximum absolute atomic E-state index is 5.91. The zero-order chi connectivity index (χ0) is 14.6. The van der Waals surface area contributed by atoms with Crippen molar-refractivity contribution in [1.29, 1.82) is 0 Å². The van der Waals surface area contributed by atoms with Gasteiger partial charge in [-0.25, -0.2) is 0 Å². The second-order valence-corrected chi connectivity index (χ2v) is 5.00. The van der Waals surface area contributed by atoms with Crippen molar-refractivity contribution in [3.63, 3.8) is 0 Å². The van der Waals surface area contributed by atoms with Crippen LogP contribution in [0.15, 0.2) is 18.2 Å². The van der Waals surface area contributed by atoms with Crippen LogP contribution in [0.4, 0.5) is 0 Å². The smallest absolute Gasteiger partial charge is 0.127 e. The summed E-state index contributed by atoms with van der Waals surface area (Å²) in [4.78, 5) is 0. The van der Waals surface area contributed by atoms with Gasteiger partial charge >= 0.3 is 0 Å². The molecule has 0 radical (unpaired) electrons. The minimum Gasteiger partial charge on any atom is -0.493 e. The van der Waals surface area contributed by atoms with Crippen LogP contribution in [0.2, 0.25) is 0 Å². The lowest BCUT2D eigenvalue weighted by atomic mass is 10.2. The summed E-state index contributed by atoms with van der Waals surface area (Å²) in [6.07, 6.45) is 4.40. The monoisotopic (exact) mass is 279 g/mol. The predicted molar refractivity (Wildman–Crippen MR) is 84.6 cm³/mol. The first kappa shape index (κ1) is 16.8. The fraction of sp³-hybridized carbons (Fsp3) is 0.647. The molecule has 0 saturated carbocycles. The van der Waals surface area contributed by atoms with E-state index in [4.69, 9.17) is 9.47 Å². The Kier molecular flexibility index (Phi) is 8.88. The van der Waals surface area contributed by atoms with Crippen molar-refractivity contribution < 1.29 is 9.47 Å². The SMILES string of the molecule is CCCCOc1cc(OCCC)ccc1CNCCC. The summed E-state index contributed by atoms with van der Waals surface area (Å²) >= 11 is 0. The van der Waals surface area contributed by atoms with Gasteiger partial charge in [0, 0.05) is 18.2 Å². The minimum absolute atomic E-state index is 0.752. The molecule has 1 aromatic carbocycles. The Bertz CT molecular complexity index is 366. The summed E-state index contributed by atoms with van der Waals surface area (Å²) in [5.74, 6) is 1.85. The Morgan fingerprint density at radius 3 is 2.50 bits per heavy atom. The molecule has 0 unspecified atom stereocenters. The highest BCUT2D eigenvalue weighted by molar-refractivity contribution is 5.40. The number of unbranched alkanes of at least 4 members (excludes halogenated alkanes) is 1. The van der Waals surface area contributed by atoms with Crippen molar-refractivity contribution >= 4 is 0 Å². The zero-order valence-electron chi connectivity index (χ0n) is 13.2. The van der Waals surface area contributed by atoms with E-state index in [0.717, 1.165) is 63.5 Å². The highest BCUT2D eigenvalue weighted by Crippen LogP contribution is 2.25. The van der Waals surface area contributed by atoms with Crippen LogP contribution in [0.1, 0.15) is 52.0 Å². The maximum Gasteiger partial charge on any atom is 0.127 e. The Morgan fingerprint density at radius 1 is 0.950 bits per heavy atom. The van der Waals surface area contributed by atoms with Crippen molar-refractivity contribution in [3.05, 3.63) is 23.8 Å². The molecule has 0 saturated heterocycles. The Balaban J connectivity index is 2.68. The fourth-order valence-corrected chi connectivity index (χ4v) is 1.85. The van der Waals surface area contributed by atoms with Gasteiger partial charge in [-0.15, -0.1) is 0 Å². The summed E-state index contributed by atoms with van der Waals surface area (Å²) in [7, 11) is 0. The second-order valence-electron chi connectivity index (χ2n) is 5.00. The van der Waals surface area contributed by atoms with Crippen molar-refractivity contribution in [2.75, 3.05) is 19.8 Å². The molecule has 0 aliphatic heterocycles. The third-order valence-electron chi connectivity index (χ3n) is 3.01. The number of ether oxygens (including phenoxy) is 2. The van der Waals surface area contributed by atoms with Gasteiger partial charge in [-0.2, -0.15) is 0 Å². The molecule has 0 spiro atoms. The largest absolute Gasteiger partial charge is 0.493 e. The third kappa shape index (κ3) is 6.29. The van der Waals surface area contributed by atoms with Crippen LogP contribution in [0.5, 0.6) is 11.5 Å². The van der Waals surface area contributed by atoms with Gasteiger partial charge < -0.3 is 14.8 Å². The standard InChI is InChI=1S/C17H29NO2/c1-4-7-12-20-17-13-16(19-11-6-3)9-8-15(17)14-18-10-5-2/h8-9,13,18H,4-7,10-12,14H2,1-3H3. The maximum atomic E-state index is 5.91. The van der Waals surface area contributed by atoms with E-state index in [1.54, 1.807) is 0 Å².